The van der Waals surface area contributed by atoms with Gasteiger partial charge in [-0.25, -0.2) is 0 Å². The van der Waals surface area contributed by atoms with Gasteiger partial charge in [0.25, 0.3) is 0 Å². The predicted molar refractivity (Wildman–Crippen MR) is 171 cm³/mol. The first-order valence-electron chi connectivity index (χ1n) is 17.7. The lowest BCUT2D eigenvalue weighted by Gasteiger charge is -2.58. The van der Waals surface area contributed by atoms with Gasteiger partial charge in [0, 0.05) is 12.0 Å². The Morgan fingerprint density at radius 2 is 1.71 bits per heavy atom. The van der Waals surface area contributed by atoms with E-state index >= 15 is 0 Å². The number of allylic oxidation sites excluding steroid dienone is 3. The summed E-state index contributed by atoms with van der Waals surface area (Å²) < 4.78 is 11.5. The topological polar surface area (TPSA) is 59.7 Å². The minimum atomic E-state index is -0.866. The van der Waals surface area contributed by atoms with Crippen molar-refractivity contribution in [1.29, 1.82) is 0 Å². The largest absolute Gasteiger partial charge is 0.465 e. The fraction of sp³-hybridized carbons (Fsp3) is 0.763. The maximum atomic E-state index is 12.6. The molecule has 0 amide bonds. The van der Waals surface area contributed by atoms with E-state index in [-0.39, 0.29) is 29.3 Å². The van der Waals surface area contributed by atoms with E-state index in [4.69, 9.17) is 9.15 Å². The van der Waals surface area contributed by atoms with Crippen LogP contribution in [0.25, 0.3) is 6.08 Å². The van der Waals surface area contributed by atoms with Gasteiger partial charge >= 0.3 is 5.97 Å². The van der Waals surface area contributed by atoms with Crippen LogP contribution in [0.5, 0.6) is 0 Å². The van der Waals surface area contributed by atoms with Gasteiger partial charge in [-0.05, 0) is 111 Å². The Balaban J connectivity index is 0.966. The summed E-state index contributed by atoms with van der Waals surface area (Å²) in [5.74, 6) is 2.21. The van der Waals surface area contributed by atoms with Crippen molar-refractivity contribution in [2.24, 2.45) is 22.7 Å². The first-order valence-corrected chi connectivity index (χ1v) is 17.7. The van der Waals surface area contributed by atoms with E-state index in [1.165, 1.54) is 76.2 Å². The molecule has 1 unspecified atom stereocenters. The zero-order valence-electron chi connectivity index (χ0n) is 26.7. The zero-order chi connectivity index (χ0) is 29.5. The number of esters is 1. The molecule has 4 aliphatic rings. The number of carbonyl (C=O) groups excluding carboxylic acids is 1. The molecule has 1 aromatic rings. The lowest BCUT2D eigenvalue weighted by molar-refractivity contribution is -0.154. The van der Waals surface area contributed by atoms with Crippen molar-refractivity contribution in [2.75, 3.05) is 6.61 Å². The first kappa shape index (κ1) is 31.6. The summed E-state index contributed by atoms with van der Waals surface area (Å²) in [7, 11) is 0. The number of hydrogen-bond acceptors (Lipinski definition) is 4. The predicted octanol–water partition coefficient (Wildman–Crippen LogP) is 10.3. The van der Waals surface area contributed by atoms with Gasteiger partial charge in [-0.3, -0.25) is 4.79 Å². The van der Waals surface area contributed by atoms with Crippen molar-refractivity contribution in [2.45, 2.75) is 154 Å². The van der Waals surface area contributed by atoms with Gasteiger partial charge in [0.15, 0.2) is 0 Å². The third-order valence-corrected chi connectivity index (χ3v) is 11.9. The molecule has 0 aliphatic heterocycles. The standard InChI is InChI=1S/C38H58O4/c1-3-4-5-6-7-8-9-10-11-12-13-14-15-16-17-18-35(39)42-29-38(40)28-37-25-21-32-31-23-26-41-33(31)22-24-36(32,2)34(37)20-19-30(38)27-37/h10-11,22-24,26,30,32,34,40H,3-9,12-21,25,27-29H2,1-2H3/b11-10+/t30-,32-,34?,36-,37-,38+/m0/s1. The number of rotatable bonds is 17. The van der Waals surface area contributed by atoms with Crippen LogP contribution in [0.1, 0.15) is 160 Å². The van der Waals surface area contributed by atoms with Crippen LogP contribution in [0, 0.1) is 22.7 Å². The maximum Gasteiger partial charge on any atom is 0.305 e. The molecule has 4 heteroatoms. The highest BCUT2D eigenvalue weighted by Gasteiger charge is 2.65. The minimum absolute atomic E-state index is 0.103. The number of unbranched alkanes of at least 4 members (excludes halogenated alkanes) is 11. The molecule has 2 bridgehead atoms. The summed E-state index contributed by atoms with van der Waals surface area (Å²) in [6, 6.07) is 2.17. The summed E-state index contributed by atoms with van der Waals surface area (Å²) >= 11 is 0. The molecule has 5 rings (SSSR count). The Labute approximate surface area is 255 Å². The molecule has 1 N–H and O–H groups in total. The van der Waals surface area contributed by atoms with Crippen molar-refractivity contribution < 1.29 is 19.1 Å². The van der Waals surface area contributed by atoms with Gasteiger partial charge in [0.1, 0.15) is 18.0 Å². The normalized spacial score (nSPS) is 33.0. The van der Waals surface area contributed by atoms with E-state index in [0.717, 1.165) is 57.1 Å². The summed E-state index contributed by atoms with van der Waals surface area (Å²) in [5.41, 5.74) is 0.765. The molecule has 234 valence electrons. The Morgan fingerprint density at radius 1 is 1.00 bits per heavy atom. The van der Waals surface area contributed by atoms with E-state index in [1.807, 2.05) is 6.26 Å². The Morgan fingerprint density at radius 3 is 2.48 bits per heavy atom. The quantitative estimate of drug-likeness (QED) is 0.113. The molecular formula is C38H58O4. The fourth-order valence-electron chi connectivity index (χ4n) is 9.66. The fourth-order valence-corrected chi connectivity index (χ4v) is 9.66. The third kappa shape index (κ3) is 6.95. The van der Waals surface area contributed by atoms with Gasteiger partial charge < -0.3 is 14.3 Å². The smallest absolute Gasteiger partial charge is 0.305 e. The molecule has 42 heavy (non-hydrogen) atoms. The number of hydrogen-bond donors (Lipinski definition) is 1. The van der Waals surface area contributed by atoms with Gasteiger partial charge in [-0.2, -0.15) is 0 Å². The summed E-state index contributed by atoms with van der Waals surface area (Å²) in [5, 5.41) is 11.8. The molecule has 6 atom stereocenters. The van der Waals surface area contributed by atoms with E-state index in [9.17, 15) is 9.90 Å². The number of fused-ring (bicyclic) bond motifs is 5. The Bertz CT molecular complexity index is 1070. The lowest BCUT2D eigenvalue weighted by atomic mass is 9.46. The van der Waals surface area contributed by atoms with Crippen molar-refractivity contribution in [1.82, 2.24) is 0 Å². The zero-order valence-corrected chi connectivity index (χ0v) is 26.7. The van der Waals surface area contributed by atoms with E-state index in [0.29, 0.717) is 18.3 Å². The Kier molecular flexibility index (Phi) is 10.8. The second kappa shape index (κ2) is 14.3. The third-order valence-electron chi connectivity index (χ3n) is 11.9. The van der Waals surface area contributed by atoms with Crippen LogP contribution in [-0.4, -0.2) is 23.3 Å². The van der Waals surface area contributed by atoms with E-state index < -0.39 is 5.60 Å². The summed E-state index contributed by atoms with van der Waals surface area (Å²) in [4.78, 5) is 12.6. The van der Waals surface area contributed by atoms with E-state index in [1.54, 1.807) is 0 Å². The highest BCUT2D eigenvalue weighted by molar-refractivity contribution is 5.69. The van der Waals surface area contributed by atoms with Crippen LogP contribution in [0.15, 0.2) is 35.0 Å². The van der Waals surface area contributed by atoms with Gasteiger partial charge in [-0.1, -0.05) is 83.4 Å². The molecular weight excluding hydrogens is 520 g/mol. The molecule has 4 nitrogen and oxygen atoms in total. The monoisotopic (exact) mass is 578 g/mol. The van der Waals surface area contributed by atoms with Gasteiger partial charge in [0.05, 0.1) is 6.26 Å². The molecule has 1 aromatic heterocycles. The SMILES string of the molecule is CCCCCCCC/C=C/CCCCCCCC(=O)OC[C@]1(O)C[C@@]23CC[C@H]4c5ccoc5C=C[C@]4(C)C2CC[C@H]1C3. The number of furan rings is 1. The molecule has 3 fully saturated rings. The lowest BCUT2D eigenvalue weighted by Crippen LogP contribution is -2.49. The summed E-state index contributed by atoms with van der Waals surface area (Å²) in [6.45, 7) is 4.90. The van der Waals surface area contributed by atoms with E-state index in [2.05, 4.69) is 44.2 Å². The van der Waals surface area contributed by atoms with Crippen molar-refractivity contribution in [3.63, 3.8) is 0 Å². The molecule has 3 saturated carbocycles. The summed E-state index contributed by atoms with van der Waals surface area (Å²) in [6.07, 6.45) is 34.2. The van der Waals surface area contributed by atoms with Crippen molar-refractivity contribution in [3.05, 3.63) is 41.9 Å². The average Bonchev–Trinajstić information content (AvgIpc) is 3.54. The van der Waals surface area contributed by atoms with Crippen LogP contribution in [0.4, 0.5) is 0 Å². The van der Waals surface area contributed by atoms with Gasteiger partial charge in [0.2, 0.25) is 0 Å². The molecule has 0 saturated heterocycles. The number of carbonyl (C=O) groups is 1. The van der Waals surface area contributed by atoms with Crippen LogP contribution in [0.2, 0.25) is 0 Å². The second-order valence-corrected chi connectivity index (χ2v) is 14.7. The van der Waals surface area contributed by atoms with Crippen LogP contribution in [0.3, 0.4) is 0 Å². The van der Waals surface area contributed by atoms with Crippen LogP contribution in [-0.2, 0) is 9.53 Å². The van der Waals surface area contributed by atoms with Gasteiger partial charge in [-0.15, -0.1) is 0 Å². The number of ether oxygens (including phenoxy) is 1. The van der Waals surface area contributed by atoms with Crippen LogP contribution >= 0.6 is 0 Å². The number of aliphatic hydroxyl groups is 1. The molecule has 0 aromatic carbocycles. The van der Waals surface area contributed by atoms with Crippen LogP contribution < -0.4 is 0 Å². The average molecular weight is 579 g/mol. The highest BCUT2D eigenvalue weighted by Crippen LogP contribution is 2.71. The molecule has 0 radical (unpaired) electrons. The Hall–Kier alpha value is -1.81. The highest BCUT2D eigenvalue weighted by atomic mass is 16.5. The maximum absolute atomic E-state index is 12.6. The van der Waals surface area contributed by atoms with Crippen molar-refractivity contribution >= 4 is 12.0 Å². The molecule has 4 aliphatic carbocycles. The second-order valence-electron chi connectivity index (χ2n) is 14.7. The minimum Gasteiger partial charge on any atom is -0.465 e. The van der Waals surface area contributed by atoms with Crippen molar-refractivity contribution in [3.8, 4) is 0 Å². The molecule has 1 heterocycles. The first-order chi connectivity index (χ1) is 20.4. The molecule has 1 spiro atoms.